The van der Waals surface area contributed by atoms with Gasteiger partial charge in [-0.3, -0.25) is 5.43 Å². The molecule has 4 heteroatoms. The highest BCUT2D eigenvalue weighted by Gasteiger charge is 2.12. The number of nitrogens with zero attached hydrogens (tertiary/aromatic N) is 1. The minimum absolute atomic E-state index is 0.160. The van der Waals surface area contributed by atoms with Gasteiger partial charge >= 0.3 is 0 Å². The van der Waals surface area contributed by atoms with Crippen molar-refractivity contribution in [2.45, 2.75) is 33.1 Å². The molecule has 0 bridgehead atoms. The largest absolute Gasteiger partial charge is 0.331 e. The molecule has 2 aromatic carbocycles. The minimum atomic E-state index is 0.160. The van der Waals surface area contributed by atoms with Crippen molar-refractivity contribution in [1.29, 1.82) is 0 Å². The maximum absolute atomic E-state index is 5.24. The summed E-state index contributed by atoms with van der Waals surface area (Å²) in [6.07, 6.45) is 1.76. The van der Waals surface area contributed by atoms with Gasteiger partial charge in [0.15, 0.2) is 5.11 Å². The molecule has 0 radical (unpaired) electrons. The highest BCUT2D eigenvalue weighted by atomic mass is 32.1. The van der Waals surface area contributed by atoms with E-state index in [4.69, 9.17) is 12.2 Å². The van der Waals surface area contributed by atoms with Crippen molar-refractivity contribution >= 4 is 29.2 Å². The predicted octanol–water partition coefficient (Wildman–Crippen LogP) is 4.61. The highest BCUT2D eigenvalue weighted by Crippen LogP contribution is 2.21. The van der Waals surface area contributed by atoms with Crippen molar-refractivity contribution < 1.29 is 0 Å². The molecule has 0 unspecified atom stereocenters. The fourth-order valence-electron chi connectivity index (χ4n) is 2.10. The fraction of sp³-hybridized carbons (Fsp3) is 0.263. The number of benzene rings is 2. The minimum Gasteiger partial charge on any atom is -0.331 e. The van der Waals surface area contributed by atoms with Gasteiger partial charge in [0, 0.05) is 5.69 Å². The Hall–Kier alpha value is -2.20. The molecule has 0 saturated heterocycles. The summed E-state index contributed by atoms with van der Waals surface area (Å²) in [5.41, 5.74) is 7.46. The van der Waals surface area contributed by atoms with E-state index in [1.807, 2.05) is 31.2 Å². The molecule has 0 heterocycles. The number of hydrazone groups is 1. The van der Waals surface area contributed by atoms with Crippen LogP contribution in [-0.2, 0) is 5.41 Å². The standard InChI is InChI=1S/C19H23N3S/c1-14-7-5-6-8-17(14)21-18(23)22-20-13-15-9-11-16(12-10-15)19(2,3)4/h5-13H,1-4H3,(H2,21,22,23). The number of aryl methyl sites for hydroxylation is 1. The molecule has 0 atom stereocenters. The number of anilines is 1. The van der Waals surface area contributed by atoms with Crippen LogP contribution in [0.15, 0.2) is 53.6 Å². The Morgan fingerprint density at radius 2 is 1.70 bits per heavy atom. The van der Waals surface area contributed by atoms with Crippen LogP contribution in [-0.4, -0.2) is 11.3 Å². The number of rotatable bonds is 3. The number of nitrogens with one attached hydrogen (secondary N) is 2. The lowest BCUT2D eigenvalue weighted by molar-refractivity contribution is 0.590. The number of hydrogen-bond acceptors (Lipinski definition) is 2. The normalized spacial score (nSPS) is 11.5. The summed E-state index contributed by atoms with van der Waals surface area (Å²) in [6, 6.07) is 16.4. The van der Waals surface area contributed by atoms with Crippen LogP contribution in [0.3, 0.4) is 0 Å². The first-order chi connectivity index (χ1) is 10.9. The average molecular weight is 325 g/mol. The molecule has 0 fully saturated rings. The van der Waals surface area contributed by atoms with Crippen LogP contribution >= 0.6 is 12.2 Å². The Kier molecular flexibility index (Phi) is 5.50. The molecule has 2 N–H and O–H groups in total. The first-order valence-electron chi connectivity index (χ1n) is 7.62. The summed E-state index contributed by atoms with van der Waals surface area (Å²) in [5.74, 6) is 0. The molecule has 0 aromatic heterocycles. The van der Waals surface area contributed by atoms with E-state index in [0.717, 1.165) is 16.8 Å². The zero-order valence-electron chi connectivity index (χ0n) is 14.1. The third kappa shape index (κ3) is 5.18. The van der Waals surface area contributed by atoms with Crippen molar-refractivity contribution in [2.24, 2.45) is 5.10 Å². The van der Waals surface area contributed by atoms with Gasteiger partial charge in [0.05, 0.1) is 6.21 Å². The molecule has 23 heavy (non-hydrogen) atoms. The van der Waals surface area contributed by atoms with Crippen molar-refractivity contribution in [2.75, 3.05) is 5.32 Å². The van der Waals surface area contributed by atoms with Crippen LogP contribution in [0.2, 0.25) is 0 Å². The van der Waals surface area contributed by atoms with E-state index in [1.165, 1.54) is 5.56 Å². The van der Waals surface area contributed by atoms with E-state index in [0.29, 0.717) is 5.11 Å². The molecule has 0 aliphatic rings. The van der Waals surface area contributed by atoms with Gasteiger partial charge in [-0.25, -0.2) is 0 Å². The summed E-state index contributed by atoms with van der Waals surface area (Å²) in [6.45, 7) is 8.64. The molecule has 120 valence electrons. The van der Waals surface area contributed by atoms with E-state index >= 15 is 0 Å². The van der Waals surface area contributed by atoms with Crippen LogP contribution in [0.1, 0.15) is 37.5 Å². The van der Waals surface area contributed by atoms with Crippen LogP contribution < -0.4 is 10.7 Å². The van der Waals surface area contributed by atoms with Crippen LogP contribution in [0.4, 0.5) is 5.69 Å². The Morgan fingerprint density at radius 1 is 1.04 bits per heavy atom. The summed E-state index contributed by atoms with van der Waals surface area (Å²) in [4.78, 5) is 0. The molecule has 0 aliphatic carbocycles. The topological polar surface area (TPSA) is 36.4 Å². The zero-order chi connectivity index (χ0) is 16.9. The Labute approximate surface area is 143 Å². The van der Waals surface area contributed by atoms with E-state index in [9.17, 15) is 0 Å². The second-order valence-corrected chi connectivity index (χ2v) is 6.92. The van der Waals surface area contributed by atoms with E-state index < -0.39 is 0 Å². The average Bonchev–Trinajstić information content (AvgIpc) is 2.49. The molecule has 0 saturated carbocycles. The molecule has 3 nitrogen and oxygen atoms in total. The lowest BCUT2D eigenvalue weighted by Crippen LogP contribution is -2.24. The van der Waals surface area contributed by atoms with Gasteiger partial charge in [-0.15, -0.1) is 0 Å². The third-order valence-electron chi connectivity index (χ3n) is 3.55. The molecule has 0 amide bonds. The monoisotopic (exact) mass is 325 g/mol. The maximum Gasteiger partial charge on any atom is 0.191 e. The van der Waals surface area contributed by atoms with E-state index in [1.54, 1.807) is 6.21 Å². The van der Waals surface area contributed by atoms with Crippen molar-refractivity contribution in [3.8, 4) is 0 Å². The van der Waals surface area contributed by atoms with Gasteiger partial charge in [-0.1, -0.05) is 63.2 Å². The quantitative estimate of drug-likeness (QED) is 0.491. The lowest BCUT2D eigenvalue weighted by atomic mass is 9.87. The molecule has 2 aromatic rings. The zero-order valence-corrected chi connectivity index (χ0v) is 14.9. The van der Waals surface area contributed by atoms with Gasteiger partial charge in [0.2, 0.25) is 0 Å². The van der Waals surface area contributed by atoms with Gasteiger partial charge in [-0.05, 0) is 47.3 Å². The van der Waals surface area contributed by atoms with Gasteiger partial charge in [0.25, 0.3) is 0 Å². The number of para-hydroxylation sites is 1. The van der Waals surface area contributed by atoms with Crippen LogP contribution in [0.5, 0.6) is 0 Å². The summed E-state index contributed by atoms with van der Waals surface area (Å²) >= 11 is 5.24. The predicted molar refractivity (Wildman–Crippen MR) is 103 cm³/mol. The Bertz CT molecular complexity index is 697. The molecule has 0 spiro atoms. The molecule has 0 aliphatic heterocycles. The van der Waals surface area contributed by atoms with Crippen LogP contribution in [0.25, 0.3) is 0 Å². The molecular weight excluding hydrogens is 302 g/mol. The van der Waals surface area contributed by atoms with Crippen molar-refractivity contribution in [3.63, 3.8) is 0 Å². The summed E-state index contributed by atoms with van der Waals surface area (Å²) < 4.78 is 0. The second kappa shape index (κ2) is 7.38. The van der Waals surface area contributed by atoms with Crippen LogP contribution in [0, 0.1) is 6.92 Å². The Balaban J connectivity index is 1.91. The van der Waals surface area contributed by atoms with Crippen molar-refractivity contribution in [1.82, 2.24) is 5.43 Å². The third-order valence-corrected chi connectivity index (χ3v) is 3.74. The fourth-order valence-corrected chi connectivity index (χ4v) is 2.26. The molecule has 2 rings (SSSR count). The first kappa shape index (κ1) is 17.2. The van der Waals surface area contributed by atoms with Gasteiger partial charge < -0.3 is 5.32 Å². The number of thiocarbonyl (C=S) groups is 1. The SMILES string of the molecule is Cc1ccccc1NC(=S)NN=Cc1ccc(C(C)(C)C)cc1. The first-order valence-corrected chi connectivity index (χ1v) is 8.03. The molecular formula is C19H23N3S. The summed E-state index contributed by atoms with van der Waals surface area (Å²) in [5, 5.41) is 7.79. The van der Waals surface area contributed by atoms with Crippen molar-refractivity contribution in [3.05, 3.63) is 65.2 Å². The van der Waals surface area contributed by atoms with E-state index in [-0.39, 0.29) is 5.41 Å². The van der Waals surface area contributed by atoms with E-state index in [2.05, 4.69) is 60.9 Å². The van der Waals surface area contributed by atoms with Gasteiger partial charge in [0.1, 0.15) is 0 Å². The van der Waals surface area contributed by atoms with Gasteiger partial charge in [-0.2, -0.15) is 5.10 Å². The summed E-state index contributed by atoms with van der Waals surface area (Å²) in [7, 11) is 0. The number of hydrogen-bond donors (Lipinski definition) is 2. The smallest absolute Gasteiger partial charge is 0.191 e. The highest BCUT2D eigenvalue weighted by molar-refractivity contribution is 7.80. The second-order valence-electron chi connectivity index (χ2n) is 6.51. The maximum atomic E-state index is 5.24. The lowest BCUT2D eigenvalue weighted by Gasteiger charge is -2.18. The Morgan fingerprint density at radius 3 is 2.30 bits per heavy atom.